The first-order valence-electron chi connectivity index (χ1n) is 10.2. The molecule has 1 aliphatic heterocycles. The lowest BCUT2D eigenvalue weighted by molar-refractivity contribution is -0.149. The van der Waals surface area contributed by atoms with Crippen molar-refractivity contribution in [2.24, 2.45) is 9.98 Å². The number of carbonyl (C=O) groups excluding carboxylic acids is 2. The van der Waals surface area contributed by atoms with Crippen molar-refractivity contribution in [1.82, 2.24) is 0 Å². The van der Waals surface area contributed by atoms with Crippen LogP contribution < -0.4 is 9.47 Å². The maximum atomic E-state index is 12.9. The highest BCUT2D eigenvalue weighted by Gasteiger charge is 2.32. The van der Waals surface area contributed by atoms with Crippen LogP contribution in [0.3, 0.4) is 0 Å². The Hall–Kier alpha value is -3.94. The van der Waals surface area contributed by atoms with E-state index in [4.69, 9.17) is 14.2 Å². The third kappa shape index (κ3) is 5.11. The minimum absolute atomic E-state index is 0.0823. The van der Waals surface area contributed by atoms with Crippen LogP contribution >= 0.6 is 0 Å². The van der Waals surface area contributed by atoms with Crippen molar-refractivity contribution in [2.45, 2.75) is 33.3 Å². The van der Waals surface area contributed by atoms with Gasteiger partial charge in [0, 0.05) is 16.7 Å². The minimum Gasteiger partial charge on any atom is -0.512 e. The number of benzene rings is 2. The Morgan fingerprint density at radius 2 is 1.61 bits per heavy atom. The zero-order valence-electron chi connectivity index (χ0n) is 19.4. The molecular weight excluding hydrogens is 424 g/mol. The highest BCUT2D eigenvalue weighted by Crippen LogP contribution is 2.29. The predicted octanol–water partition coefficient (Wildman–Crippen LogP) is 4.27. The number of carbonyl (C=O) groups is 2. The zero-order valence-corrected chi connectivity index (χ0v) is 19.4. The molecule has 0 atom stereocenters. The molecule has 2 aromatic carbocycles. The van der Waals surface area contributed by atoms with E-state index in [1.165, 1.54) is 27.2 Å². The number of allylic oxidation sites excluding steroid dienone is 1. The summed E-state index contributed by atoms with van der Waals surface area (Å²) in [6.45, 7) is 6.57. The van der Waals surface area contributed by atoms with E-state index in [2.05, 4.69) is 9.98 Å². The SMILES string of the molecule is COc1ccc(C(=O)N=C2N=C(/C(C(=O)OC(C)(C)C)=C(\C)O)c3ccccc32)cc1OC. The van der Waals surface area contributed by atoms with Gasteiger partial charge in [-0.25, -0.2) is 9.79 Å². The lowest BCUT2D eigenvalue weighted by atomic mass is 9.99. The summed E-state index contributed by atoms with van der Waals surface area (Å²) >= 11 is 0. The molecule has 0 fully saturated rings. The minimum atomic E-state index is -0.767. The highest BCUT2D eigenvalue weighted by molar-refractivity contribution is 6.36. The first kappa shape index (κ1) is 23.7. The van der Waals surface area contributed by atoms with E-state index in [1.807, 2.05) is 0 Å². The zero-order chi connectivity index (χ0) is 24.3. The number of methoxy groups -OCH3 is 2. The maximum absolute atomic E-state index is 12.9. The quantitative estimate of drug-likeness (QED) is 0.414. The summed E-state index contributed by atoms with van der Waals surface area (Å²) in [5, 5.41) is 10.3. The average Bonchev–Trinajstić information content (AvgIpc) is 3.09. The molecule has 0 saturated heterocycles. The van der Waals surface area contributed by atoms with E-state index < -0.39 is 17.5 Å². The number of aliphatic imine (C=N–C) groups is 2. The monoisotopic (exact) mass is 450 g/mol. The van der Waals surface area contributed by atoms with Gasteiger partial charge in [0.2, 0.25) is 0 Å². The molecule has 8 nitrogen and oxygen atoms in total. The Labute approximate surface area is 192 Å². The van der Waals surface area contributed by atoms with Crippen LogP contribution in [0.4, 0.5) is 0 Å². The first-order chi connectivity index (χ1) is 15.6. The van der Waals surface area contributed by atoms with Gasteiger partial charge in [0.25, 0.3) is 5.91 Å². The Balaban J connectivity index is 2.07. The van der Waals surface area contributed by atoms with Crippen molar-refractivity contribution in [3.63, 3.8) is 0 Å². The van der Waals surface area contributed by atoms with E-state index in [1.54, 1.807) is 57.2 Å². The number of hydrogen-bond donors (Lipinski definition) is 1. The van der Waals surface area contributed by atoms with E-state index in [0.29, 0.717) is 22.6 Å². The molecule has 0 radical (unpaired) electrons. The van der Waals surface area contributed by atoms with Crippen LogP contribution in [0.25, 0.3) is 0 Å². The van der Waals surface area contributed by atoms with Gasteiger partial charge in [-0.1, -0.05) is 24.3 Å². The molecule has 8 heteroatoms. The summed E-state index contributed by atoms with van der Waals surface area (Å²) in [4.78, 5) is 34.4. The number of rotatable bonds is 5. The average molecular weight is 450 g/mol. The van der Waals surface area contributed by atoms with Crippen LogP contribution in [0.1, 0.15) is 49.2 Å². The molecule has 172 valence electrons. The number of nitrogens with zero attached hydrogens (tertiary/aromatic N) is 2. The van der Waals surface area contributed by atoms with Crippen LogP contribution in [-0.2, 0) is 9.53 Å². The second-order valence-corrected chi connectivity index (χ2v) is 8.28. The first-order valence-corrected chi connectivity index (χ1v) is 10.2. The molecule has 1 heterocycles. The Kier molecular flexibility index (Phi) is 6.67. The van der Waals surface area contributed by atoms with E-state index >= 15 is 0 Å². The fraction of sp³-hybridized carbons (Fsp3) is 0.280. The molecular formula is C25H26N2O6. The number of amides is 1. The van der Waals surface area contributed by atoms with Crippen LogP contribution in [0.15, 0.2) is 63.8 Å². The number of hydrogen-bond acceptors (Lipinski definition) is 6. The number of aliphatic hydroxyl groups excluding tert-OH is 1. The Bertz CT molecular complexity index is 1200. The summed E-state index contributed by atoms with van der Waals surface area (Å²) in [6.07, 6.45) is 0. The molecule has 0 saturated carbocycles. The second kappa shape index (κ2) is 9.28. The fourth-order valence-electron chi connectivity index (χ4n) is 3.26. The summed E-state index contributed by atoms with van der Waals surface area (Å²) in [5.74, 6) is -0.504. The topological polar surface area (TPSA) is 107 Å². The van der Waals surface area contributed by atoms with Crippen LogP contribution in [0.2, 0.25) is 0 Å². The molecule has 2 aromatic rings. The Morgan fingerprint density at radius 3 is 2.18 bits per heavy atom. The summed E-state index contributed by atoms with van der Waals surface area (Å²) in [6, 6.07) is 11.7. The van der Waals surface area contributed by atoms with Crippen molar-refractivity contribution in [3.8, 4) is 11.5 Å². The molecule has 33 heavy (non-hydrogen) atoms. The van der Waals surface area contributed by atoms with E-state index in [-0.39, 0.29) is 28.4 Å². The lowest BCUT2D eigenvalue weighted by Gasteiger charge is -2.21. The third-order valence-corrected chi connectivity index (χ3v) is 4.68. The normalized spacial score (nSPS) is 14.8. The number of amidine groups is 1. The van der Waals surface area contributed by atoms with Gasteiger partial charge in [0.05, 0.1) is 19.9 Å². The number of ether oxygens (including phenoxy) is 3. The standard InChI is InChI=1S/C25H26N2O6/c1-14(28)20(24(30)33-25(2,3)4)21-16-9-7-8-10-17(16)22(26-21)27-23(29)15-11-12-18(31-5)19(13-15)32-6/h7-13,28H,1-6H3/b20-14-,27-22?. The predicted molar refractivity (Wildman–Crippen MR) is 125 cm³/mol. The van der Waals surface area contributed by atoms with Crippen molar-refractivity contribution in [1.29, 1.82) is 0 Å². The van der Waals surface area contributed by atoms with Crippen LogP contribution in [0, 0.1) is 0 Å². The smallest absolute Gasteiger partial charge is 0.344 e. The van der Waals surface area contributed by atoms with Crippen molar-refractivity contribution in [3.05, 3.63) is 70.5 Å². The molecule has 0 bridgehead atoms. The largest absolute Gasteiger partial charge is 0.512 e. The third-order valence-electron chi connectivity index (χ3n) is 4.68. The number of aliphatic hydroxyl groups is 1. The van der Waals surface area contributed by atoms with E-state index in [0.717, 1.165) is 0 Å². The van der Waals surface area contributed by atoms with E-state index in [9.17, 15) is 14.7 Å². The molecule has 1 amide bonds. The van der Waals surface area contributed by atoms with Gasteiger partial charge in [-0.05, 0) is 45.9 Å². The molecule has 0 aromatic heterocycles. The van der Waals surface area contributed by atoms with Crippen LogP contribution in [0.5, 0.6) is 11.5 Å². The van der Waals surface area contributed by atoms with Crippen molar-refractivity contribution < 1.29 is 28.9 Å². The van der Waals surface area contributed by atoms with Gasteiger partial charge in [-0.2, -0.15) is 4.99 Å². The fourth-order valence-corrected chi connectivity index (χ4v) is 3.26. The van der Waals surface area contributed by atoms with Gasteiger partial charge in [-0.3, -0.25) is 4.79 Å². The van der Waals surface area contributed by atoms with Gasteiger partial charge in [-0.15, -0.1) is 0 Å². The summed E-state index contributed by atoms with van der Waals surface area (Å²) < 4.78 is 15.9. The van der Waals surface area contributed by atoms with Gasteiger partial charge >= 0.3 is 5.97 Å². The summed E-state index contributed by atoms with van der Waals surface area (Å²) in [7, 11) is 2.98. The molecule has 0 unspecified atom stereocenters. The molecule has 1 N–H and O–H groups in total. The maximum Gasteiger partial charge on any atom is 0.344 e. The van der Waals surface area contributed by atoms with Crippen LogP contribution in [-0.4, -0.2) is 48.4 Å². The molecule has 0 aliphatic carbocycles. The van der Waals surface area contributed by atoms with Crippen molar-refractivity contribution >= 4 is 23.4 Å². The number of esters is 1. The van der Waals surface area contributed by atoms with Crippen molar-refractivity contribution in [2.75, 3.05) is 14.2 Å². The lowest BCUT2D eigenvalue weighted by Crippen LogP contribution is -2.28. The number of fused-ring (bicyclic) bond motifs is 1. The second-order valence-electron chi connectivity index (χ2n) is 8.28. The van der Waals surface area contributed by atoms with Gasteiger partial charge in [0.15, 0.2) is 17.3 Å². The Morgan fingerprint density at radius 1 is 0.970 bits per heavy atom. The van der Waals surface area contributed by atoms with Gasteiger partial charge in [0.1, 0.15) is 16.9 Å². The highest BCUT2D eigenvalue weighted by atomic mass is 16.6. The molecule has 1 aliphatic rings. The van der Waals surface area contributed by atoms with Gasteiger partial charge < -0.3 is 19.3 Å². The molecule has 0 spiro atoms. The molecule has 3 rings (SSSR count). The summed E-state index contributed by atoms with van der Waals surface area (Å²) in [5.41, 5.74) is 0.744.